The van der Waals surface area contributed by atoms with Crippen LogP contribution in [0, 0.1) is 0 Å². The SMILES string of the molecule is COCCNC(=O)C(C)Nc1cc(Br)ncn1. The zero-order chi connectivity index (χ0) is 12.7. The summed E-state index contributed by atoms with van der Waals surface area (Å²) >= 11 is 3.23. The van der Waals surface area contributed by atoms with E-state index in [0.29, 0.717) is 23.6 Å². The Kier molecular flexibility index (Phi) is 5.85. The van der Waals surface area contributed by atoms with Crippen molar-refractivity contribution in [2.45, 2.75) is 13.0 Å². The van der Waals surface area contributed by atoms with Crippen molar-refractivity contribution in [3.8, 4) is 0 Å². The van der Waals surface area contributed by atoms with Crippen LogP contribution in [0.25, 0.3) is 0 Å². The van der Waals surface area contributed by atoms with Crippen LogP contribution in [-0.2, 0) is 9.53 Å². The number of carbonyl (C=O) groups excluding carboxylic acids is 1. The van der Waals surface area contributed by atoms with Crippen LogP contribution >= 0.6 is 15.9 Å². The minimum absolute atomic E-state index is 0.100. The average molecular weight is 303 g/mol. The van der Waals surface area contributed by atoms with Gasteiger partial charge in [-0.25, -0.2) is 9.97 Å². The van der Waals surface area contributed by atoms with Gasteiger partial charge in [0.15, 0.2) is 0 Å². The van der Waals surface area contributed by atoms with Crippen molar-refractivity contribution >= 4 is 27.7 Å². The summed E-state index contributed by atoms with van der Waals surface area (Å²) in [6, 6.07) is 1.34. The molecule has 0 radical (unpaired) electrons. The minimum atomic E-state index is -0.367. The summed E-state index contributed by atoms with van der Waals surface area (Å²) in [4.78, 5) is 19.5. The van der Waals surface area contributed by atoms with Gasteiger partial charge >= 0.3 is 0 Å². The van der Waals surface area contributed by atoms with Crippen molar-refractivity contribution in [1.29, 1.82) is 0 Å². The normalized spacial score (nSPS) is 11.9. The second kappa shape index (κ2) is 7.18. The lowest BCUT2D eigenvalue weighted by Crippen LogP contribution is -2.39. The van der Waals surface area contributed by atoms with E-state index in [1.165, 1.54) is 6.33 Å². The predicted octanol–water partition coefficient (Wildman–Crippen LogP) is 0.802. The molecule has 1 atom stereocenters. The molecule has 6 nitrogen and oxygen atoms in total. The molecule has 0 fully saturated rings. The van der Waals surface area contributed by atoms with Crippen LogP contribution in [0.4, 0.5) is 5.82 Å². The minimum Gasteiger partial charge on any atom is -0.383 e. The van der Waals surface area contributed by atoms with Gasteiger partial charge in [0.05, 0.1) is 6.61 Å². The van der Waals surface area contributed by atoms with Crippen LogP contribution < -0.4 is 10.6 Å². The number of hydrogen-bond donors (Lipinski definition) is 2. The van der Waals surface area contributed by atoms with Gasteiger partial charge in [-0.1, -0.05) is 0 Å². The highest BCUT2D eigenvalue weighted by Gasteiger charge is 2.12. The van der Waals surface area contributed by atoms with Crippen molar-refractivity contribution in [2.75, 3.05) is 25.6 Å². The Morgan fingerprint density at radius 1 is 1.59 bits per heavy atom. The Hall–Kier alpha value is -1.21. The van der Waals surface area contributed by atoms with E-state index in [1.54, 1.807) is 20.1 Å². The fraction of sp³-hybridized carbons (Fsp3) is 0.500. The van der Waals surface area contributed by atoms with Gasteiger partial charge in [0.25, 0.3) is 0 Å². The number of nitrogens with one attached hydrogen (secondary N) is 2. The Morgan fingerprint density at radius 2 is 2.35 bits per heavy atom. The quantitative estimate of drug-likeness (QED) is 0.600. The largest absolute Gasteiger partial charge is 0.383 e. The van der Waals surface area contributed by atoms with Gasteiger partial charge in [0, 0.05) is 19.7 Å². The Labute approximate surface area is 108 Å². The first-order chi connectivity index (χ1) is 8.13. The molecule has 0 bridgehead atoms. The second-order valence-electron chi connectivity index (χ2n) is 3.38. The van der Waals surface area contributed by atoms with Crippen LogP contribution in [0.2, 0.25) is 0 Å². The molecule has 1 amide bonds. The molecule has 1 unspecified atom stereocenters. The highest BCUT2D eigenvalue weighted by molar-refractivity contribution is 9.10. The first-order valence-corrected chi connectivity index (χ1v) is 5.93. The molecule has 0 aromatic carbocycles. The molecule has 0 spiro atoms. The van der Waals surface area contributed by atoms with Gasteiger partial charge in [0.1, 0.15) is 22.8 Å². The van der Waals surface area contributed by atoms with Crippen LogP contribution in [-0.4, -0.2) is 42.2 Å². The molecule has 1 rings (SSSR count). The molecule has 0 saturated heterocycles. The lowest BCUT2D eigenvalue weighted by atomic mass is 10.3. The van der Waals surface area contributed by atoms with Gasteiger partial charge in [-0.3, -0.25) is 4.79 Å². The van der Waals surface area contributed by atoms with Gasteiger partial charge in [0.2, 0.25) is 5.91 Å². The van der Waals surface area contributed by atoms with Gasteiger partial charge < -0.3 is 15.4 Å². The summed E-state index contributed by atoms with van der Waals surface area (Å²) in [6.07, 6.45) is 1.42. The summed E-state index contributed by atoms with van der Waals surface area (Å²) in [5.41, 5.74) is 0. The number of ether oxygens (including phenoxy) is 1. The third kappa shape index (κ3) is 5.10. The van der Waals surface area contributed by atoms with Gasteiger partial charge in [-0.05, 0) is 22.9 Å². The molecule has 94 valence electrons. The van der Waals surface area contributed by atoms with Crippen LogP contribution in [0.1, 0.15) is 6.92 Å². The Bertz CT molecular complexity index is 375. The number of aromatic nitrogens is 2. The molecule has 0 saturated carbocycles. The van der Waals surface area contributed by atoms with E-state index >= 15 is 0 Å². The van der Waals surface area contributed by atoms with Crippen LogP contribution in [0.5, 0.6) is 0 Å². The highest BCUT2D eigenvalue weighted by atomic mass is 79.9. The summed E-state index contributed by atoms with van der Waals surface area (Å²) < 4.78 is 5.51. The molecule has 0 aliphatic rings. The number of methoxy groups -OCH3 is 1. The standard InChI is InChI=1S/C10H15BrN4O2/c1-7(10(16)12-3-4-17-2)15-9-5-8(11)13-6-14-9/h5-7H,3-4H2,1-2H3,(H,12,16)(H,13,14,15). The lowest BCUT2D eigenvalue weighted by Gasteiger charge is -2.14. The number of rotatable bonds is 6. The monoisotopic (exact) mass is 302 g/mol. The van der Waals surface area contributed by atoms with E-state index in [9.17, 15) is 4.79 Å². The van der Waals surface area contributed by atoms with E-state index in [0.717, 1.165) is 0 Å². The van der Waals surface area contributed by atoms with Gasteiger partial charge in [-0.15, -0.1) is 0 Å². The maximum atomic E-state index is 11.6. The Balaban J connectivity index is 2.43. The number of carbonyl (C=O) groups is 1. The van der Waals surface area contributed by atoms with E-state index in [4.69, 9.17) is 4.74 Å². The van der Waals surface area contributed by atoms with E-state index in [1.807, 2.05) is 0 Å². The number of amides is 1. The first-order valence-electron chi connectivity index (χ1n) is 5.14. The fourth-order valence-electron chi connectivity index (χ4n) is 1.13. The van der Waals surface area contributed by atoms with E-state index in [2.05, 4.69) is 36.5 Å². The fourth-order valence-corrected chi connectivity index (χ4v) is 1.44. The number of hydrogen-bond acceptors (Lipinski definition) is 5. The van der Waals surface area contributed by atoms with Crippen molar-refractivity contribution in [1.82, 2.24) is 15.3 Å². The van der Waals surface area contributed by atoms with Crippen molar-refractivity contribution in [2.24, 2.45) is 0 Å². The molecular weight excluding hydrogens is 288 g/mol. The third-order valence-electron chi connectivity index (χ3n) is 2.00. The summed E-state index contributed by atoms with van der Waals surface area (Å²) in [5.74, 6) is 0.498. The predicted molar refractivity (Wildman–Crippen MR) is 67.7 cm³/mol. The van der Waals surface area contributed by atoms with Gasteiger partial charge in [-0.2, -0.15) is 0 Å². The number of nitrogens with zero attached hydrogens (tertiary/aromatic N) is 2. The summed E-state index contributed by atoms with van der Waals surface area (Å²) in [6.45, 7) is 2.75. The molecule has 1 aromatic rings. The first kappa shape index (κ1) is 13.9. The zero-order valence-corrected chi connectivity index (χ0v) is 11.3. The molecule has 0 aliphatic heterocycles. The van der Waals surface area contributed by atoms with E-state index in [-0.39, 0.29) is 11.9 Å². The van der Waals surface area contributed by atoms with Crippen LogP contribution in [0.3, 0.4) is 0 Å². The summed E-state index contributed by atoms with van der Waals surface area (Å²) in [7, 11) is 1.59. The molecular formula is C10H15BrN4O2. The molecule has 0 aliphatic carbocycles. The van der Waals surface area contributed by atoms with Crippen molar-refractivity contribution < 1.29 is 9.53 Å². The molecule has 1 aromatic heterocycles. The molecule has 2 N–H and O–H groups in total. The second-order valence-corrected chi connectivity index (χ2v) is 4.19. The molecule has 7 heteroatoms. The molecule has 1 heterocycles. The van der Waals surface area contributed by atoms with Crippen molar-refractivity contribution in [3.05, 3.63) is 17.0 Å². The maximum absolute atomic E-state index is 11.6. The van der Waals surface area contributed by atoms with Crippen molar-refractivity contribution in [3.63, 3.8) is 0 Å². The number of anilines is 1. The topological polar surface area (TPSA) is 76.1 Å². The maximum Gasteiger partial charge on any atom is 0.242 e. The summed E-state index contributed by atoms with van der Waals surface area (Å²) in [5, 5.41) is 5.71. The molecule has 17 heavy (non-hydrogen) atoms. The number of halogens is 1. The average Bonchev–Trinajstić information content (AvgIpc) is 2.29. The smallest absolute Gasteiger partial charge is 0.242 e. The van der Waals surface area contributed by atoms with E-state index < -0.39 is 0 Å². The zero-order valence-electron chi connectivity index (χ0n) is 9.74. The Morgan fingerprint density at radius 3 is 3.00 bits per heavy atom. The third-order valence-corrected chi connectivity index (χ3v) is 2.43. The highest BCUT2D eigenvalue weighted by Crippen LogP contribution is 2.10. The van der Waals surface area contributed by atoms with Crippen LogP contribution in [0.15, 0.2) is 17.0 Å². The lowest BCUT2D eigenvalue weighted by molar-refractivity contribution is -0.121.